The molecule has 1 unspecified atom stereocenters. The molecule has 78 valence electrons. The molecule has 0 fully saturated rings. The van der Waals surface area contributed by atoms with Crippen LogP contribution in [0.3, 0.4) is 0 Å². The third-order valence-corrected chi connectivity index (χ3v) is 3.37. The summed E-state index contributed by atoms with van der Waals surface area (Å²) in [5.41, 5.74) is 5.51. The lowest BCUT2D eigenvalue weighted by Gasteiger charge is -2.19. The van der Waals surface area contributed by atoms with Gasteiger partial charge in [0.1, 0.15) is 0 Å². The van der Waals surface area contributed by atoms with Gasteiger partial charge in [0.25, 0.3) is 0 Å². The van der Waals surface area contributed by atoms with Crippen molar-refractivity contribution in [2.75, 3.05) is 12.8 Å². The van der Waals surface area contributed by atoms with E-state index in [4.69, 9.17) is 0 Å². The van der Waals surface area contributed by atoms with Crippen LogP contribution in [-0.2, 0) is 0 Å². The molecule has 1 atom stereocenters. The average molecular weight is 209 g/mol. The zero-order valence-electron chi connectivity index (χ0n) is 9.39. The topological polar surface area (TPSA) is 12.0 Å². The first-order chi connectivity index (χ1) is 6.61. The van der Waals surface area contributed by atoms with E-state index in [2.05, 4.69) is 50.8 Å². The predicted molar refractivity (Wildman–Crippen MR) is 66.3 cm³/mol. The minimum absolute atomic E-state index is 0.359. The van der Waals surface area contributed by atoms with Gasteiger partial charge in [-0.3, -0.25) is 0 Å². The van der Waals surface area contributed by atoms with Crippen LogP contribution in [0.25, 0.3) is 0 Å². The van der Waals surface area contributed by atoms with Crippen molar-refractivity contribution in [3.63, 3.8) is 0 Å². The van der Waals surface area contributed by atoms with Crippen molar-refractivity contribution in [1.29, 1.82) is 0 Å². The van der Waals surface area contributed by atoms with E-state index in [0.29, 0.717) is 6.04 Å². The van der Waals surface area contributed by atoms with E-state index in [-0.39, 0.29) is 0 Å². The van der Waals surface area contributed by atoms with Crippen molar-refractivity contribution in [3.05, 3.63) is 34.4 Å². The molecule has 0 spiro atoms. The van der Waals surface area contributed by atoms with E-state index in [0.717, 1.165) is 5.75 Å². The van der Waals surface area contributed by atoms with Gasteiger partial charge in [-0.25, -0.2) is 0 Å². The van der Waals surface area contributed by atoms with Crippen molar-refractivity contribution in [2.24, 2.45) is 0 Å². The van der Waals surface area contributed by atoms with Crippen LogP contribution in [0.15, 0.2) is 12.1 Å². The second-order valence-corrected chi connectivity index (χ2v) is 4.11. The molecule has 0 bridgehead atoms. The monoisotopic (exact) mass is 209 g/mol. The van der Waals surface area contributed by atoms with Gasteiger partial charge in [-0.15, -0.1) is 0 Å². The van der Waals surface area contributed by atoms with Crippen molar-refractivity contribution >= 4 is 12.6 Å². The summed E-state index contributed by atoms with van der Waals surface area (Å²) in [5.74, 6) is 0.833. The lowest BCUT2D eigenvalue weighted by Crippen LogP contribution is -2.19. The quantitative estimate of drug-likeness (QED) is 0.730. The fourth-order valence-corrected chi connectivity index (χ4v) is 2.08. The molecular weight excluding hydrogens is 190 g/mol. The number of nitrogens with one attached hydrogen (secondary N) is 1. The molecule has 0 radical (unpaired) electrons. The lowest BCUT2D eigenvalue weighted by atomic mass is 9.95. The summed E-state index contributed by atoms with van der Waals surface area (Å²) in [4.78, 5) is 0. The van der Waals surface area contributed by atoms with Crippen molar-refractivity contribution in [1.82, 2.24) is 5.32 Å². The molecule has 0 saturated heterocycles. The Morgan fingerprint density at radius 3 is 2.36 bits per heavy atom. The maximum Gasteiger partial charge on any atom is 0.0409 e. The van der Waals surface area contributed by atoms with Crippen molar-refractivity contribution < 1.29 is 0 Å². The molecule has 2 heteroatoms. The number of hydrogen-bond acceptors (Lipinski definition) is 2. The molecule has 0 aliphatic rings. The first-order valence-corrected chi connectivity index (χ1v) is 5.59. The Kier molecular flexibility index (Phi) is 4.02. The van der Waals surface area contributed by atoms with Gasteiger partial charge in [0.05, 0.1) is 0 Å². The molecule has 1 aromatic rings. The van der Waals surface area contributed by atoms with Gasteiger partial charge in [0, 0.05) is 11.8 Å². The fraction of sp³-hybridized carbons (Fsp3) is 0.500. The number of aryl methyl sites for hydroxylation is 1. The maximum atomic E-state index is 4.35. The van der Waals surface area contributed by atoms with E-state index in [1.807, 2.05) is 7.05 Å². The summed E-state index contributed by atoms with van der Waals surface area (Å²) in [7, 11) is 1.98. The Bertz CT molecular complexity index is 316. The number of benzene rings is 1. The summed E-state index contributed by atoms with van der Waals surface area (Å²) in [5, 5.41) is 3.28. The van der Waals surface area contributed by atoms with Gasteiger partial charge in [0.15, 0.2) is 0 Å². The average Bonchev–Trinajstić information content (AvgIpc) is 2.19. The highest BCUT2D eigenvalue weighted by molar-refractivity contribution is 7.80. The second kappa shape index (κ2) is 4.85. The summed E-state index contributed by atoms with van der Waals surface area (Å²) in [6.45, 7) is 6.52. The SMILES string of the molecule is CNC(CS)c1ccc(C)c(C)c1C. The number of thiol groups is 1. The van der Waals surface area contributed by atoms with Crippen molar-refractivity contribution in [2.45, 2.75) is 26.8 Å². The Morgan fingerprint density at radius 2 is 1.86 bits per heavy atom. The Balaban J connectivity index is 3.16. The Morgan fingerprint density at radius 1 is 1.21 bits per heavy atom. The standard InChI is InChI=1S/C12H19NS/c1-8-5-6-11(10(3)9(8)2)12(7-14)13-4/h5-6,12-14H,7H2,1-4H3. The van der Waals surface area contributed by atoms with Gasteiger partial charge in [-0.05, 0) is 50.1 Å². The smallest absolute Gasteiger partial charge is 0.0409 e. The maximum absolute atomic E-state index is 4.35. The van der Waals surface area contributed by atoms with Crippen LogP contribution in [0.4, 0.5) is 0 Å². The largest absolute Gasteiger partial charge is 0.312 e. The first kappa shape index (κ1) is 11.6. The summed E-state index contributed by atoms with van der Waals surface area (Å²) in [6.07, 6.45) is 0. The van der Waals surface area contributed by atoms with Crippen LogP contribution in [0.2, 0.25) is 0 Å². The summed E-state index contributed by atoms with van der Waals surface area (Å²) >= 11 is 4.35. The minimum Gasteiger partial charge on any atom is -0.312 e. The molecule has 1 rings (SSSR count). The van der Waals surface area contributed by atoms with E-state index in [1.54, 1.807) is 0 Å². The third kappa shape index (κ3) is 2.12. The summed E-state index contributed by atoms with van der Waals surface area (Å²) in [6, 6.07) is 4.75. The molecule has 0 saturated carbocycles. The first-order valence-electron chi connectivity index (χ1n) is 4.96. The van der Waals surface area contributed by atoms with Crippen LogP contribution in [0.5, 0.6) is 0 Å². The fourth-order valence-electron chi connectivity index (χ4n) is 1.70. The minimum atomic E-state index is 0.359. The van der Waals surface area contributed by atoms with Gasteiger partial charge in [-0.1, -0.05) is 12.1 Å². The predicted octanol–water partition coefficient (Wildman–Crippen LogP) is 2.80. The Labute approximate surface area is 92.3 Å². The molecular formula is C12H19NS. The van der Waals surface area contributed by atoms with Crippen LogP contribution in [-0.4, -0.2) is 12.8 Å². The highest BCUT2D eigenvalue weighted by Gasteiger charge is 2.11. The molecule has 0 aliphatic carbocycles. The van der Waals surface area contributed by atoms with Crippen LogP contribution in [0.1, 0.15) is 28.3 Å². The van der Waals surface area contributed by atoms with Crippen LogP contribution in [0, 0.1) is 20.8 Å². The number of hydrogen-bond donors (Lipinski definition) is 2. The summed E-state index contributed by atoms with van der Waals surface area (Å²) < 4.78 is 0. The van der Waals surface area contributed by atoms with E-state index in [9.17, 15) is 0 Å². The molecule has 0 aromatic heterocycles. The zero-order chi connectivity index (χ0) is 10.7. The molecule has 0 aliphatic heterocycles. The van der Waals surface area contributed by atoms with Gasteiger partial charge >= 0.3 is 0 Å². The molecule has 0 amide bonds. The lowest BCUT2D eigenvalue weighted by molar-refractivity contribution is 0.658. The third-order valence-electron chi connectivity index (χ3n) is 3.01. The van der Waals surface area contributed by atoms with E-state index >= 15 is 0 Å². The molecule has 1 aromatic carbocycles. The normalized spacial score (nSPS) is 12.9. The number of rotatable bonds is 3. The second-order valence-electron chi connectivity index (χ2n) is 3.75. The molecule has 1 N–H and O–H groups in total. The van der Waals surface area contributed by atoms with Gasteiger partial charge in [-0.2, -0.15) is 12.6 Å². The van der Waals surface area contributed by atoms with E-state index in [1.165, 1.54) is 22.3 Å². The molecule has 0 heterocycles. The van der Waals surface area contributed by atoms with E-state index < -0.39 is 0 Å². The van der Waals surface area contributed by atoms with Gasteiger partial charge in [0.2, 0.25) is 0 Å². The van der Waals surface area contributed by atoms with Gasteiger partial charge < -0.3 is 5.32 Å². The van der Waals surface area contributed by atoms with Crippen LogP contribution >= 0.6 is 12.6 Å². The zero-order valence-corrected chi connectivity index (χ0v) is 10.3. The molecule has 14 heavy (non-hydrogen) atoms. The van der Waals surface area contributed by atoms with Crippen LogP contribution < -0.4 is 5.32 Å². The molecule has 1 nitrogen and oxygen atoms in total. The highest BCUT2D eigenvalue weighted by Crippen LogP contribution is 2.23. The highest BCUT2D eigenvalue weighted by atomic mass is 32.1. The van der Waals surface area contributed by atoms with Crippen molar-refractivity contribution in [3.8, 4) is 0 Å². The Hall–Kier alpha value is -0.470.